The van der Waals surface area contributed by atoms with Crippen molar-refractivity contribution in [2.75, 3.05) is 51.3 Å². The second-order valence-corrected chi connectivity index (χ2v) is 6.41. The Balaban J connectivity index is 1.43. The molecule has 0 aliphatic carbocycles. The number of hydrogen-bond donors (Lipinski definition) is 1. The highest BCUT2D eigenvalue weighted by molar-refractivity contribution is 5.53. The maximum atomic E-state index is 10.3. The van der Waals surface area contributed by atoms with Crippen molar-refractivity contribution in [2.45, 2.75) is 6.10 Å². The second-order valence-electron chi connectivity index (χ2n) is 6.41. The average molecular weight is 368 g/mol. The Morgan fingerprint density at radius 3 is 2.52 bits per heavy atom. The molecule has 1 aliphatic heterocycles. The van der Waals surface area contributed by atoms with Crippen LogP contribution in [0.2, 0.25) is 0 Å². The van der Waals surface area contributed by atoms with E-state index in [0.29, 0.717) is 17.9 Å². The van der Waals surface area contributed by atoms with Gasteiger partial charge in [-0.2, -0.15) is 5.26 Å². The van der Waals surface area contributed by atoms with Gasteiger partial charge in [-0.25, -0.2) is 4.98 Å². The monoisotopic (exact) mass is 368 g/mol. The molecule has 2 aromatic rings. The summed E-state index contributed by atoms with van der Waals surface area (Å²) in [6.07, 6.45) is 1.14. The van der Waals surface area contributed by atoms with Crippen molar-refractivity contribution in [1.29, 1.82) is 5.26 Å². The Bertz CT molecular complexity index is 768. The number of anilines is 1. The van der Waals surface area contributed by atoms with E-state index in [1.165, 1.54) is 0 Å². The third-order valence-corrected chi connectivity index (χ3v) is 4.55. The lowest BCUT2D eigenvalue weighted by molar-refractivity contribution is 0.0662. The summed E-state index contributed by atoms with van der Waals surface area (Å²) in [6.45, 7) is 3.96. The van der Waals surface area contributed by atoms with Crippen LogP contribution in [0, 0.1) is 11.3 Å². The molecule has 1 aliphatic rings. The quantitative estimate of drug-likeness (QED) is 0.793. The van der Waals surface area contributed by atoms with E-state index < -0.39 is 6.10 Å². The Kier molecular flexibility index (Phi) is 6.47. The predicted molar refractivity (Wildman–Crippen MR) is 102 cm³/mol. The van der Waals surface area contributed by atoms with E-state index in [0.717, 1.165) is 37.7 Å². The third kappa shape index (κ3) is 5.09. The molecule has 142 valence electrons. The van der Waals surface area contributed by atoms with E-state index in [1.54, 1.807) is 25.4 Å². The van der Waals surface area contributed by atoms with Gasteiger partial charge in [0.15, 0.2) is 0 Å². The largest absolute Gasteiger partial charge is 0.497 e. The number of rotatable bonds is 7. The molecule has 7 heteroatoms. The molecule has 0 saturated carbocycles. The number of β-amino-alcohol motifs (C(OH)–C–C–N with tert-alkyl or cyclic N) is 1. The summed E-state index contributed by atoms with van der Waals surface area (Å²) in [5, 5.41) is 19.5. The summed E-state index contributed by atoms with van der Waals surface area (Å²) in [5.74, 6) is 2.22. The van der Waals surface area contributed by atoms with Crippen molar-refractivity contribution < 1.29 is 14.6 Å². The highest BCUT2D eigenvalue weighted by Gasteiger charge is 2.21. The maximum absolute atomic E-state index is 10.3. The molecule has 1 N–H and O–H groups in total. The number of aliphatic hydroxyl groups is 1. The fraction of sp³-hybridized carbons (Fsp3) is 0.400. The number of ether oxygens (including phenoxy) is 2. The summed E-state index contributed by atoms with van der Waals surface area (Å²) in [5.41, 5.74) is 0.596. The summed E-state index contributed by atoms with van der Waals surface area (Å²) >= 11 is 0. The zero-order valence-electron chi connectivity index (χ0n) is 15.4. The SMILES string of the molecule is COc1ccc(OCC(O)CN2CCN(c3ncccc3C#N)CC2)cc1. The number of pyridine rings is 1. The third-order valence-electron chi connectivity index (χ3n) is 4.55. The van der Waals surface area contributed by atoms with Crippen molar-refractivity contribution >= 4 is 5.82 Å². The fourth-order valence-corrected chi connectivity index (χ4v) is 3.09. The average Bonchev–Trinajstić information content (AvgIpc) is 2.73. The minimum atomic E-state index is -0.567. The van der Waals surface area contributed by atoms with Crippen molar-refractivity contribution in [2.24, 2.45) is 0 Å². The lowest BCUT2D eigenvalue weighted by Gasteiger charge is -2.36. The Morgan fingerprint density at radius 1 is 1.15 bits per heavy atom. The van der Waals surface area contributed by atoms with Crippen molar-refractivity contribution in [1.82, 2.24) is 9.88 Å². The molecule has 0 spiro atoms. The molecular formula is C20H24N4O3. The van der Waals surface area contributed by atoms with E-state index in [-0.39, 0.29) is 6.61 Å². The lowest BCUT2D eigenvalue weighted by Crippen LogP contribution is -2.49. The molecule has 0 bridgehead atoms. The molecule has 1 unspecified atom stereocenters. The van der Waals surface area contributed by atoms with Gasteiger partial charge in [0, 0.05) is 38.9 Å². The van der Waals surface area contributed by atoms with E-state index in [1.807, 2.05) is 24.3 Å². The number of aliphatic hydroxyl groups excluding tert-OH is 1. The zero-order chi connectivity index (χ0) is 19.1. The minimum absolute atomic E-state index is 0.241. The van der Waals surface area contributed by atoms with Crippen LogP contribution in [0.25, 0.3) is 0 Å². The molecule has 0 amide bonds. The molecule has 1 aromatic carbocycles. The molecule has 3 rings (SSSR count). The van der Waals surface area contributed by atoms with Crippen molar-refractivity contribution in [3.05, 3.63) is 48.2 Å². The molecule has 2 heterocycles. The van der Waals surface area contributed by atoms with Crippen LogP contribution in [0.3, 0.4) is 0 Å². The first kappa shape index (κ1) is 19.0. The van der Waals surface area contributed by atoms with Gasteiger partial charge in [0.2, 0.25) is 0 Å². The lowest BCUT2D eigenvalue weighted by atomic mass is 10.2. The van der Waals surface area contributed by atoms with Gasteiger partial charge in [-0.05, 0) is 36.4 Å². The van der Waals surface area contributed by atoms with Gasteiger partial charge in [0.25, 0.3) is 0 Å². The van der Waals surface area contributed by atoms with Gasteiger partial charge in [0.1, 0.15) is 36.1 Å². The van der Waals surface area contributed by atoms with Crippen LogP contribution in [0.4, 0.5) is 5.82 Å². The predicted octanol–water partition coefficient (Wildman–Crippen LogP) is 1.52. The highest BCUT2D eigenvalue weighted by Crippen LogP contribution is 2.19. The topological polar surface area (TPSA) is 81.8 Å². The van der Waals surface area contributed by atoms with Crippen LogP contribution in [0.1, 0.15) is 5.56 Å². The van der Waals surface area contributed by atoms with E-state index >= 15 is 0 Å². The summed E-state index contributed by atoms with van der Waals surface area (Å²) < 4.78 is 10.8. The van der Waals surface area contributed by atoms with Gasteiger partial charge >= 0.3 is 0 Å². The van der Waals surface area contributed by atoms with Crippen LogP contribution >= 0.6 is 0 Å². The second kappa shape index (κ2) is 9.21. The smallest absolute Gasteiger partial charge is 0.146 e. The number of benzene rings is 1. The van der Waals surface area contributed by atoms with Gasteiger partial charge in [0.05, 0.1) is 12.7 Å². The van der Waals surface area contributed by atoms with Crippen molar-refractivity contribution in [3.8, 4) is 17.6 Å². The van der Waals surface area contributed by atoms with E-state index in [4.69, 9.17) is 9.47 Å². The van der Waals surface area contributed by atoms with E-state index in [2.05, 4.69) is 20.9 Å². The fourth-order valence-electron chi connectivity index (χ4n) is 3.09. The summed E-state index contributed by atoms with van der Waals surface area (Å²) in [7, 11) is 1.62. The first-order valence-electron chi connectivity index (χ1n) is 8.97. The Labute approximate surface area is 159 Å². The molecule has 1 atom stereocenters. The van der Waals surface area contributed by atoms with E-state index in [9.17, 15) is 10.4 Å². The van der Waals surface area contributed by atoms with Crippen LogP contribution < -0.4 is 14.4 Å². The summed E-state index contributed by atoms with van der Waals surface area (Å²) in [6, 6.07) is 13.1. The molecule has 0 radical (unpaired) electrons. The number of hydrogen-bond acceptors (Lipinski definition) is 7. The maximum Gasteiger partial charge on any atom is 0.146 e. The number of piperazine rings is 1. The Hall–Kier alpha value is -2.82. The van der Waals surface area contributed by atoms with Gasteiger partial charge < -0.3 is 19.5 Å². The normalized spacial score (nSPS) is 15.8. The number of methoxy groups -OCH3 is 1. The minimum Gasteiger partial charge on any atom is -0.497 e. The number of nitriles is 1. The highest BCUT2D eigenvalue weighted by atomic mass is 16.5. The van der Waals surface area contributed by atoms with Crippen LogP contribution in [-0.2, 0) is 0 Å². The van der Waals surface area contributed by atoms with Gasteiger partial charge in [-0.1, -0.05) is 0 Å². The van der Waals surface area contributed by atoms with Crippen LogP contribution in [-0.4, -0.2) is 67.5 Å². The molecule has 7 nitrogen and oxygen atoms in total. The molecule has 1 fully saturated rings. The summed E-state index contributed by atoms with van der Waals surface area (Å²) in [4.78, 5) is 8.66. The zero-order valence-corrected chi connectivity index (χ0v) is 15.4. The van der Waals surface area contributed by atoms with Gasteiger partial charge in [-0.15, -0.1) is 0 Å². The standard InChI is InChI=1S/C20H24N4O3/c1-26-18-4-6-19(7-5-18)27-15-17(25)14-23-9-11-24(12-10-23)20-16(13-21)3-2-8-22-20/h2-8,17,25H,9-12,14-15H2,1H3. The number of nitrogens with zero attached hydrogens (tertiary/aromatic N) is 4. The number of aromatic nitrogens is 1. The molecular weight excluding hydrogens is 344 g/mol. The van der Waals surface area contributed by atoms with Gasteiger partial charge in [-0.3, -0.25) is 4.90 Å². The first-order valence-corrected chi connectivity index (χ1v) is 8.97. The first-order chi connectivity index (χ1) is 13.2. The molecule has 27 heavy (non-hydrogen) atoms. The Morgan fingerprint density at radius 2 is 1.85 bits per heavy atom. The molecule has 1 aromatic heterocycles. The van der Waals surface area contributed by atoms with Crippen LogP contribution in [0.15, 0.2) is 42.6 Å². The van der Waals surface area contributed by atoms with Crippen LogP contribution in [0.5, 0.6) is 11.5 Å². The van der Waals surface area contributed by atoms with Crippen molar-refractivity contribution in [3.63, 3.8) is 0 Å². The molecule has 1 saturated heterocycles.